The molecule has 3 aromatic rings. The summed E-state index contributed by atoms with van der Waals surface area (Å²) >= 11 is 0. The minimum Gasteiger partial charge on any atom is -0.506 e. The second-order valence-electron chi connectivity index (χ2n) is 7.21. The van der Waals surface area contributed by atoms with Crippen molar-refractivity contribution in [1.82, 2.24) is 25.6 Å². The van der Waals surface area contributed by atoms with Crippen molar-refractivity contribution >= 4 is 11.8 Å². The number of ether oxygens (including phenoxy) is 1. The van der Waals surface area contributed by atoms with Gasteiger partial charge in [0.25, 0.3) is 11.8 Å². The van der Waals surface area contributed by atoms with Crippen LogP contribution in [0.5, 0.6) is 11.5 Å². The molecule has 160 valence electrons. The fourth-order valence-electron chi connectivity index (χ4n) is 3.06. The molecule has 1 fully saturated rings. The highest BCUT2D eigenvalue weighted by atomic mass is 16.5. The van der Waals surface area contributed by atoms with E-state index in [1.807, 2.05) is 25.1 Å². The molecule has 31 heavy (non-hydrogen) atoms. The first-order valence-corrected chi connectivity index (χ1v) is 10.1. The molecule has 1 aliphatic carbocycles. The molecule has 2 amide bonds. The van der Waals surface area contributed by atoms with E-state index in [0.717, 1.165) is 12.8 Å². The van der Waals surface area contributed by atoms with Crippen LogP contribution >= 0.6 is 0 Å². The van der Waals surface area contributed by atoms with Gasteiger partial charge in [-0.2, -0.15) is 0 Å². The molecule has 1 aliphatic rings. The van der Waals surface area contributed by atoms with Crippen LogP contribution in [0.15, 0.2) is 48.5 Å². The van der Waals surface area contributed by atoms with Crippen LogP contribution in [0.1, 0.15) is 46.3 Å². The molecule has 0 bridgehead atoms. The Bertz CT molecular complexity index is 1090. The number of amides is 2. The highest BCUT2D eigenvalue weighted by Gasteiger charge is 2.28. The standard InChI is InChI=1S/C22H23N5O4/c1-2-23-21(29)14-8-11-17(19(28)12-14)27-18(13-31-16-6-4-3-5-7-16)20(25-26-27)22(30)24-15-9-10-15/h3-8,11-12,15,28H,2,9-10,13H2,1H3,(H,23,29)(H,24,30). The van der Waals surface area contributed by atoms with Gasteiger partial charge in [-0.25, -0.2) is 4.68 Å². The number of phenols is 1. The van der Waals surface area contributed by atoms with Crippen LogP contribution in [0.25, 0.3) is 5.69 Å². The van der Waals surface area contributed by atoms with Crippen molar-refractivity contribution < 1.29 is 19.4 Å². The molecular weight excluding hydrogens is 398 g/mol. The lowest BCUT2D eigenvalue weighted by molar-refractivity contribution is 0.0939. The molecule has 9 heteroatoms. The topological polar surface area (TPSA) is 118 Å². The highest BCUT2D eigenvalue weighted by Crippen LogP contribution is 2.26. The first kappa shape index (κ1) is 20.4. The van der Waals surface area contributed by atoms with Gasteiger partial charge in [-0.15, -0.1) is 5.10 Å². The summed E-state index contributed by atoms with van der Waals surface area (Å²) in [7, 11) is 0. The zero-order valence-electron chi connectivity index (χ0n) is 17.0. The third-order valence-electron chi connectivity index (χ3n) is 4.81. The molecule has 0 radical (unpaired) electrons. The normalized spacial score (nSPS) is 12.9. The second kappa shape index (κ2) is 8.86. The Morgan fingerprint density at radius 2 is 1.94 bits per heavy atom. The summed E-state index contributed by atoms with van der Waals surface area (Å²) in [5.74, 6) is -0.165. The summed E-state index contributed by atoms with van der Waals surface area (Å²) < 4.78 is 7.19. The number of benzene rings is 2. The Labute approximate surface area is 179 Å². The van der Waals surface area contributed by atoms with Gasteiger partial charge in [0.15, 0.2) is 5.69 Å². The maximum absolute atomic E-state index is 12.7. The summed E-state index contributed by atoms with van der Waals surface area (Å²) in [5, 5.41) is 24.3. The number of nitrogens with zero attached hydrogens (tertiary/aromatic N) is 3. The Kier molecular flexibility index (Phi) is 5.83. The van der Waals surface area contributed by atoms with Gasteiger partial charge in [0.1, 0.15) is 29.5 Å². The molecule has 4 rings (SSSR count). The van der Waals surface area contributed by atoms with Gasteiger partial charge in [-0.05, 0) is 50.1 Å². The molecule has 0 aliphatic heterocycles. The molecule has 1 aromatic heterocycles. The van der Waals surface area contributed by atoms with Gasteiger partial charge in [0, 0.05) is 18.2 Å². The first-order valence-electron chi connectivity index (χ1n) is 10.1. The maximum atomic E-state index is 12.7. The SMILES string of the molecule is CCNC(=O)c1ccc(-n2nnc(C(=O)NC3CC3)c2COc2ccccc2)c(O)c1. The summed E-state index contributed by atoms with van der Waals surface area (Å²) in [6, 6.07) is 13.8. The number of phenolic OH excluding ortho intramolecular Hbond substituents is 1. The molecule has 2 aromatic carbocycles. The fraction of sp³-hybridized carbons (Fsp3) is 0.273. The van der Waals surface area contributed by atoms with Crippen LogP contribution in [-0.4, -0.2) is 44.5 Å². The van der Waals surface area contributed by atoms with Crippen molar-refractivity contribution in [1.29, 1.82) is 0 Å². The van der Waals surface area contributed by atoms with E-state index in [1.54, 1.807) is 24.3 Å². The Morgan fingerprint density at radius 1 is 1.16 bits per heavy atom. The summed E-state index contributed by atoms with van der Waals surface area (Å²) in [4.78, 5) is 24.7. The number of para-hydroxylation sites is 1. The fourth-order valence-corrected chi connectivity index (χ4v) is 3.06. The van der Waals surface area contributed by atoms with Crippen molar-refractivity contribution in [3.05, 3.63) is 65.5 Å². The number of hydrogen-bond acceptors (Lipinski definition) is 6. The van der Waals surface area contributed by atoms with E-state index in [1.165, 1.54) is 10.7 Å². The monoisotopic (exact) mass is 421 g/mol. The summed E-state index contributed by atoms with van der Waals surface area (Å²) in [6.07, 6.45) is 1.88. The number of hydrogen-bond donors (Lipinski definition) is 3. The van der Waals surface area contributed by atoms with Gasteiger partial charge >= 0.3 is 0 Å². The number of aromatic nitrogens is 3. The second-order valence-corrected chi connectivity index (χ2v) is 7.21. The average Bonchev–Trinajstić information content (AvgIpc) is 3.49. The minimum absolute atomic E-state index is 0.0158. The third-order valence-corrected chi connectivity index (χ3v) is 4.81. The van der Waals surface area contributed by atoms with E-state index in [0.29, 0.717) is 23.6 Å². The predicted octanol–water partition coefficient (Wildman–Crippen LogP) is 2.19. The zero-order chi connectivity index (χ0) is 21.8. The summed E-state index contributed by atoms with van der Waals surface area (Å²) in [6.45, 7) is 2.31. The molecular formula is C22H23N5O4. The van der Waals surface area contributed by atoms with Gasteiger partial charge in [-0.1, -0.05) is 23.4 Å². The number of nitrogens with one attached hydrogen (secondary N) is 2. The van der Waals surface area contributed by atoms with Crippen molar-refractivity contribution in [2.45, 2.75) is 32.4 Å². The van der Waals surface area contributed by atoms with Gasteiger partial charge < -0.3 is 20.5 Å². The van der Waals surface area contributed by atoms with Crippen LogP contribution < -0.4 is 15.4 Å². The number of carbonyl (C=O) groups is 2. The predicted molar refractivity (Wildman–Crippen MR) is 112 cm³/mol. The molecule has 0 spiro atoms. The van der Waals surface area contributed by atoms with Crippen molar-refractivity contribution in [2.24, 2.45) is 0 Å². The molecule has 0 atom stereocenters. The molecule has 0 saturated heterocycles. The number of aromatic hydroxyl groups is 1. The van der Waals surface area contributed by atoms with Crippen LogP contribution in [-0.2, 0) is 6.61 Å². The Hall–Kier alpha value is -3.88. The summed E-state index contributed by atoms with van der Waals surface area (Å²) in [5.41, 5.74) is 1.13. The molecule has 0 unspecified atom stereocenters. The number of carbonyl (C=O) groups excluding carboxylic acids is 2. The van der Waals surface area contributed by atoms with Crippen LogP contribution in [0, 0.1) is 0 Å². The Morgan fingerprint density at radius 3 is 2.61 bits per heavy atom. The van der Waals surface area contributed by atoms with Crippen molar-refractivity contribution in [3.63, 3.8) is 0 Å². The molecule has 3 N–H and O–H groups in total. The van der Waals surface area contributed by atoms with E-state index in [4.69, 9.17) is 4.74 Å². The quantitative estimate of drug-likeness (QED) is 0.513. The first-order chi connectivity index (χ1) is 15.1. The van der Waals surface area contributed by atoms with E-state index in [9.17, 15) is 14.7 Å². The van der Waals surface area contributed by atoms with Crippen LogP contribution in [0.4, 0.5) is 0 Å². The average molecular weight is 421 g/mol. The van der Waals surface area contributed by atoms with Crippen LogP contribution in [0.3, 0.4) is 0 Å². The van der Waals surface area contributed by atoms with E-state index in [-0.39, 0.29) is 41.6 Å². The highest BCUT2D eigenvalue weighted by molar-refractivity contribution is 5.95. The van der Waals surface area contributed by atoms with E-state index < -0.39 is 0 Å². The lowest BCUT2D eigenvalue weighted by Gasteiger charge is -2.12. The third kappa shape index (κ3) is 4.66. The lowest BCUT2D eigenvalue weighted by atomic mass is 10.1. The smallest absolute Gasteiger partial charge is 0.274 e. The van der Waals surface area contributed by atoms with Gasteiger partial charge in [0.2, 0.25) is 0 Å². The maximum Gasteiger partial charge on any atom is 0.274 e. The minimum atomic E-state index is -0.334. The zero-order valence-corrected chi connectivity index (χ0v) is 17.0. The van der Waals surface area contributed by atoms with Crippen LogP contribution in [0.2, 0.25) is 0 Å². The Balaban J connectivity index is 1.66. The molecule has 1 heterocycles. The molecule has 1 saturated carbocycles. The van der Waals surface area contributed by atoms with E-state index in [2.05, 4.69) is 20.9 Å². The van der Waals surface area contributed by atoms with Crippen molar-refractivity contribution in [2.75, 3.05) is 6.54 Å². The number of rotatable bonds is 8. The van der Waals surface area contributed by atoms with Gasteiger partial charge in [0.05, 0.1) is 0 Å². The van der Waals surface area contributed by atoms with Gasteiger partial charge in [-0.3, -0.25) is 9.59 Å². The lowest BCUT2D eigenvalue weighted by Crippen LogP contribution is -2.27. The largest absolute Gasteiger partial charge is 0.506 e. The molecule has 9 nitrogen and oxygen atoms in total. The van der Waals surface area contributed by atoms with E-state index >= 15 is 0 Å². The van der Waals surface area contributed by atoms with Crippen molar-refractivity contribution in [3.8, 4) is 17.2 Å².